The summed E-state index contributed by atoms with van der Waals surface area (Å²) in [6.07, 6.45) is 3.00. The minimum absolute atomic E-state index is 0.0527. The van der Waals surface area contributed by atoms with Crippen molar-refractivity contribution in [1.29, 1.82) is 5.26 Å². The van der Waals surface area contributed by atoms with Crippen LogP contribution in [0.1, 0.15) is 18.4 Å². The number of rotatable bonds is 14. The Kier molecular flexibility index (Phi) is 11.7. The highest BCUT2D eigenvalue weighted by Crippen LogP contribution is 2.34. The van der Waals surface area contributed by atoms with E-state index >= 15 is 0 Å². The Bertz CT molecular complexity index is 1150. The lowest BCUT2D eigenvalue weighted by atomic mass is 10.1. The molecule has 0 aliphatic carbocycles. The number of hydrogen-bond acceptors (Lipinski definition) is 13. The van der Waals surface area contributed by atoms with Crippen LogP contribution in [0.2, 0.25) is 0 Å². The molecule has 0 saturated carbocycles. The molecule has 0 radical (unpaired) electrons. The molecule has 0 bridgehead atoms. The molecule has 0 atom stereocenters. The van der Waals surface area contributed by atoms with E-state index in [9.17, 15) is 9.28 Å². The van der Waals surface area contributed by atoms with Gasteiger partial charge in [-0.05, 0) is 32.0 Å². The quantitative estimate of drug-likeness (QED) is 0.173. The number of nitrogens with one attached hydrogen (secondary N) is 3. The summed E-state index contributed by atoms with van der Waals surface area (Å²) in [6.45, 7) is 5.93. The predicted molar refractivity (Wildman–Crippen MR) is 150 cm³/mol. The van der Waals surface area contributed by atoms with E-state index < -0.39 is 0 Å². The van der Waals surface area contributed by atoms with Crippen molar-refractivity contribution in [3.8, 4) is 11.8 Å². The lowest BCUT2D eigenvalue weighted by Crippen LogP contribution is -2.46. The Hall–Kier alpha value is -3.77. The van der Waals surface area contributed by atoms with E-state index in [0.29, 0.717) is 36.2 Å². The van der Waals surface area contributed by atoms with Crippen molar-refractivity contribution < 1.29 is 28.2 Å². The van der Waals surface area contributed by atoms with E-state index in [1.54, 1.807) is 17.7 Å². The molecule has 2 fully saturated rings. The maximum Gasteiger partial charge on any atom is 0.320 e. The molecule has 2 aliphatic heterocycles. The first-order chi connectivity index (χ1) is 20.0. The van der Waals surface area contributed by atoms with Crippen molar-refractivity contribution in [2.75, 3.05) is 95.6 Å². The second kappa shape index (κ2) is 15.9. The fourth-order valence-electron chi connectivity index (χ4n) is 4.33. The molecule has 2 aromatic rings. The second-order valence-electron chi connectivity index (χ2n) is 9.79. The number of nitrogens with zero attached hydrogens (tertiary/aromatic N) is 5. The average molecular weight is 573 g/mol. The van der Waals surface area contributed by atoms with E-state index in [2.05, 4.69) is 37.4 Å². The predicted octanol–water partition coefficient (Wildman–Crippen LogP) is 2.17. The third-order valence-electron chi connectivity index (χ3n) is 6.72. The topological polar surface area (TPSA) is 146 Å². The van der Waals surface area contributed by atoms with Gasteiger partial charge in [-0.15, -0.1) is 4.48 Å². The van der Waals surface area contributed by atoms with Crippen molar-refractivity contribution in [3.63, 3.8) is 0 Å². The SMILES string of the molecule is CN1CCN(CC(=O)OCCOCCOc2cc(NF)c(Nc3ccc(C#N)cn3)nc2NC2CCOCC2)CC1. The van der Waals surface area contributed by atoms with Crippen LogP contribution in [0.4, 0.5) is 27.6 Å². The number of hydrogen-bond donors (Lipinski definition) is 3. The van der Waals surface area contributed by atoms with Crippen LogP contribution in [0.5, 0.6) is 5.75 Å². The lowest BCUT2D eigenvalue weighted by Gasteiger charge is -2.31. The van der Waals surface area contributed by atoms with E-state index in [0.717, 1.165) is 39.0 Å². The van der Waals surface area contributed by atoms with Gasteiger partial charge in [0.1, 0.15) is 30.8 Å². The lowest BCUT2D eigenvalue weighted by molar-refractivity contribution is -0.147. The van der Waals surface area contributed by atoms with Crippen molar-refractivity contribution in [2.24, 2.45) is 0 Å². The van der Waals surface area contributed by atoms with Crippen LogP contribution in [0.3, 0.4) is 0 Å². The number of esters is 1. The van der Waals surface area contributed by atoms with Crippen LogP contribution in [-0.4, -0.2) is 111 Å². The fraction of sp³-hybridized carbons (Fsp3) is 0.556. The van der Waals surface area contributed by atoms with Crippen LogP contribution in [0.15, 0.2) is 24.4 Å². The number of ether oxygens (including phenoxy) is 4. The van der Waals surface area contributed by atoms with Gasteiger partial charge >= 0.3 is 5.97 Å². The third-order valence-corrected chi connectivity index (χ3v) is 6.72. The van der Waals surface area contributed by atoms with Gasteiger partial charge in [0.25, 0.3) is 0 Å². The zero-order valence-corrected chi connectivity index (χ0v) is 23.2. The van der Waals surface area contributed by atoms with Gasteiger partial charge in [0.05, 0.1) is 25.3 Å². The van der Waals surface area contributed by atoms with E-state index in [1.165, 1.54) is 12.3 Å². The summed E-state index contributed by atoms with van der Waals surface area (Å²) in [5.74, 6) is 1.11. The van der Waals surface area contributed by atoms with E-state index in [1.807, 2.05) is 6.07 Å². The summed E-state index contributed by atoms with van der Waals surface area (Å²) in [4.78, 5) is 25.1. The molecule has 0 unspecified atom stereocenters. The number of piperazine rings is 1. The summed E-state index contributed by atoms with van der Waals surface area (Å²) in [5.41, 5.74) is 2.11. The second-order valence-corrected chi connectivity index (χ2v) is 9.79. The molecule has 14 heteroatoms. The zero-order chi connectivity index (χ0) is 28.9. The summed E-state index contributed by atoms with van der Waals surface area (Å²) < 4.78 is 36.0. The van der Waals surface area contributed by atoms with Crippen LogP contribution in [-0.2, 0) is 19.0 Å². The van der Waals surface area contributed by atoms with Crippen molar-refractivity contribution in [3.05, 3.63) is 30.0 Å². The Labute approximate surface area is 238 Å². The van der Waals surface area contributed by atoms with Gasteiger partial charge in [0.15, 0.2) is 17.4 Å². The van der Waals surface area contributed by atoms with Crippen LogP contribution >= 0.6 is 0 Å². The normalized spacial score (nSPS) is 16.5. The highest BCUT2D eigenvalue weighted by molar-refractivity contribution is 5.74. The van der Waals surface area contributed by atoms with Crippen LogP contribution in [0, 0.1) is 11.3 Å². The number of anilines is 4. The summed E-state index contributed by atoms with van der Waals surface area (Å²) in [6, 6.07) is 6.83. The highest BCUT2D eigenvalue weighted by atomic mass is 19.2. The maximum atomic E-state index is 13.8. The van der Waals surface area contributed by atoms with Crippen LogP contribution < -0.4 is 20.9 Å². The van der Waals surface area contributed by atoms with Gasteiger partial charge in [-0.2, -0.15) is 5.26 Å². The Balaban J connectivity index is 1.28. The zero-order valence-electron chi connectivity index (χ0n) is 23.2. The molecule has 0 spiro atoms. The Morgan fingerprint density at radius 1 is 1.15 bits per heavy atom. The molecule has 0 aromatic carbocycles. The van der Waals surface area contributed by atoms with E-state index in [-0.39, 0.29) is 56.5 Å². The largest absolute Gasteiger partial charge is 0.487 e. The Morgan fingerprint density at radius 3 is 2.63 bits per heavy atom. The van der Waals surface area contributed by atoms with Gasteiger partial charge in [-0.1, -0.05) is 0 Å². The first kappa shape index (κ1) is 30.2. The highest BCUT2D eigenvalue weighted by Gasteiger charge is 2.20. The average Bonchev–Trinajstić information content (AvgIpc) is 2.99. The standard InChI is InChI=1S/C27H37FN8O5/c1-35-6-8-36(9-7-35)19-25(37)41-15-13-39-12-14-40-23-16-22(34-28)26(32-24-3-2-20(17-29)18-30-24)33-27(23)31-21-4-10-38-11-5-21/h2-3,16,18,21,34H,4-15,19H2,1H3,(H2,30,31,32,33). The molecule has 4 rings (SSSR count). The van der Waals surface area contributed by atoms with Gasteiger partial charge in [-0.25, -0.2) is 15.5 Å². The number of pyridine rings is 2. The number of nitriles is 1. The van der Waals surface area contributed by atoms with Gasteiger partial charge in [0, 0.05) is 57.7 Å². The third kappa shape index (κ3) is 9.68. The maximum absolute atomic E-state index is 13.8. The minimum atomic E-state index is -0.263. The number of halogens is 1. The molecule has 2 aromatic heterocycles. The van der Waals surface area contributed by atoms with Crippen molar-refractivity contribution >= 4 is 29.1 Å². The molecule has 222 valence electrons. The Morgan fingerprint density at radius 2 is 1.93 bits per heavy atom. The number of carbonyl (C=O) groups excluding carboxylic acids is 1. The summed E-state index contributed by atoms with van der Waals surface area (Å²) in [5, 5.41) is 15.4. The molecular weight excluding hydrogens is 535 g/mol. The molecule has 13 nitrogen and oxygen atoms in total. The van der Waals surface area contributed by atoms with Crippen LogP contribution in [0.25, 0.3) is 0 Å². The monoisotopic (exact) mass is 572 g/mol. The molecule has 3 N–H and O–H groups in total. The fourth-order valence-corrected chi connectivity index (χ4v) is 4.33. The number of carbonyl (C=O) groups is 1. The van der Waals surface area contributed by atoms with Gasteiger partial charge in [-0.3, -0.25) is 9.69 Å². The molecular formula is C27H37FN8O5. The molecule has 41 heavy (non-hydrogen) atoms. The van der Waals surface area contributed by atoms with Gasteiger partial charge < -0.3 is 34.5 Å². The molecule has 0 amide bonds. The number of aromatic nitrogens is 2. The summed E-state index contributed by atoms with van der Waals surface area (Å²) >= 11 is 0. The molecule has 2 saturated heterocycles. The summed E-state index contributed by atoms with van der Waals surface area (Å²) in [7, 11) is 2.07. The molecule has 2 aliphatic rings. The smallest absolute Gasteiger partial charge is 0.320 e. The van der Waals surface area contributed by atoms with Crippen molar-refractivity contribution in [2.45, 2.75) is 18.9 Å². The molecule has 4 heterocycles. The first-order valence-electron chi connectivity index (χ1n) is 13.7. The number of likely N-dealkylation sites (N-methyl/N-ethyl adjacent to an activating group) is 1. The van der Waals surface area contributed by atoms with Crippen molar-refractivity contribution in [1.82, 2.24) is 19.8 Å². The van der Waals surface area contributed by atoms with E-state index in [4.69, 9.17) is 24.2 Å². The minimum Gasteiger partial charge on any atom is -0.487 e. The van der Waals surface area contributed by atoms with Gasteiger partial charge in [0.2, 0.25) is 0 Å². The first-order valence-corrected chi connectivity index (χ1v) is 13.7.